The number of hydrogen-bond acceptors (Lipinski definition) is 7. The number of sulfonamides is 1. The molecule has 2 aromatic carbocycles. The second kappa shape index (κ2) is 10.6. The van der Waals surface area contributed by atoms with Crippen molar-refractivity contribution in [2.75, 3.05) is 45.3 Å². The molecule has 0 radical (unpaired) electrons. The average molecular weight is 463 g/mol. The van der Waals surface area contributed by atoms with Gasteiger partial charge in [0.1, 0.15) is 5.75 Å². The quantitative estimate of drug-likeness (QED) is 0.595. The van der Waals surface area contributed by atoms with E-state index in [-0.39, 0.29) is 24.4 Å². The highest BCUT2D eigenvalue weighted by Gasteiger charge is 2.27. The number of esters is 1. The second-order valence-corrected chi connectivity index (χ2v) is 9.16. The van der Waals surface area contributed by atoms with E-state index in [9.17, 15) is 18.0 Å². The number of rotatable bonds is 8. The molecule has 0 bridgehead atoms. The molecule has 1 N–H and O–H groups in total. The Balaban J connectivity index is 1.58. The summed E-state index contributed by atoms with van der Waals surface area (Å²) in [5.74, 6) is -0.433. The number of hydrogen-bond donors (Lipinski definition) is 1. The van der Waals surface area contributed by atoms with Gasteiger partial charge in [0.2, 0.25) is 10.0 Å². The number of morpholine rings is 1. The molecule has 9 nitrogen and oxygen atoms in total. The molecule has 3 rings (SSSR count). The number of benzene rings is 2. The number of aryl methyl sites for hydroxylation is 1. The van der Waals surface area contributed by atoms with E-state index in [1.807, 2.05) is 0 Å². The lowest BCUT2D eigenvalue weighted by atomic mass is 10.1. The average Bonchev–Trinajstić information content (AvgIpc) is 2.80. The topological polar surface area (TPSA) is 111 Å². The monoisotopic (exact) mass is 462 g/mol. The van der Waals surface area contributed by atoms with Crippen molar-refractivity contribution >= 4 is 27.6 Å². The summed E-state index contributed by atoms with van der Waals surface area (Å²) in [6.07, 6.45) is 0.0174. The summed E-state index contributed by atoms with van der Waals surface area (Å²) in [6, 6.07) is 11.5. The highest BCUT2D eigenvalue weighted by Crippen LogP contribution is 2.23. The van der Waals surface area contributed by atoms with Gasteiger partial charge in [-0.3, -0.25) is 9.59 Å². The van der Waals surface area contributed by atoms with Gasteiger partial charge in [-0.05, 0) is 42.3 Å². The molecule has 172 valence electrons. The van der Waals surface area contributed by atoms with E-state index in [1.54, 1.807) is 44.4 Å². The normalized spacial score (nSPS) is 14.6. The Hall–Kier alpha value is -2.95. The van der Waals surface area contributed by atoms with E-state index in [0.29, 0.717) is 30.2 Å². The number of nitrogens with one attached hydrogen (secondary N) is 1. The third-order valence-corrected chi connectivity index (χ3v) is 6.86. The molecule has 0 saturated carbocycles. The van der Waals surface area contributed by atoms with Gasteiger partial charge in [-0.2, -0.15) is 4.31 Å². The highest BCUT2D eigenvalue weighted by molar-refractivity contribution is 7.89. The van der Waals surface area contributed by atoms with Crippen molar-refractivity contribution in [1.82, 2.24) is 4.31 Å². The minimum atomic E-state index is -3.69. The molecular weight excluding hydrogens is 436 g/mol. The molecule has 0 aliphatic carbocycles. The molecule has 1 heterocycles. The zero-order chi connectivity index (χ0) is 23.1. The number of nitrogens with zero attached hydrogens (tertiary/aromatic N) is 1. The molecule has 1 saturated heterocycles. The van der Waals surface area contributed by atoms with Crippen LogP contribution in [0.4, 0.5) is 5.69 Å². The predicted molar refractivity (Wildman–Crippen MR) is 117 cm³/mol. The van der Waals surface area contributed by atoms with Crippen LogP contribution in [-0.4, -0.2) is 64.6 Å². The zero-order valence-electron chi connectivity index (χ0n) is 18.0. The summed E-state index contributed by atoms with van der Waals surface area (Å²) in [5.41, 5.74) is 1.76. The van der Waals surface area contributed by atoms with E-state index in [0.717, 1.165) is 5.56 Å². The lowest BCUT2D eigenvalue weighted by Crippen LogP contribution is -2.40. The van der Waals surface area contributed by atoms with Crippen LogP contribution in [-0.2, 0) is 35.5 Å². The van der Waals surface area contributed by atoms with E-state index < -0.39 is 28.5 Å². The second-order valence-electron chi connectivity index (χ2n) is 7.23. The summed E-state index contributed by atoms with van der Waals surface area (Å²) in [4.78, 5) is 24.4. The molecular formula is C22H26N2O7S. The highest BCUT2D eigenvalue weighted by atomic mass is 32.2. The van der Waals surface area contributed by atoms with Crippen molar-refractivity contribution in [3.63, 3.8) is 0 Å². The lowest BCUT2D eigenvalue weighted by molar-refractivity contribution is -0.146. The summed E-state index contributed by atoms with van der Waals surface area (Å²) < 4.78 is 42.4. The first kappa shape index (κ1) is 23.7. The maximum Gasteiger partial charge on any atom is 0.310 e. The fraction of sp³-hybridized carbons (Fsp3) is 0.364. The van der Waals surface area contributed by atoms with Gasteiger partial charge >= 0.3 is 5.97 Å². The Kier molecular flexibility index (Phi) is 7.84. The first-order chi connectivity index (χ1) is 15.3. The minimum absolute atomic E-state index is 0.0174. The molecule has 0 unspecified atom stereocenters. The number of carbonyl (C=O) groups is 2. The van der Waals surface area contributed by atoms with Crippen LogP contribution in [0.3, 0.4) is 0 Å². The molecule has 1 amide bonds. The fourth-order valence-electron chi connectivity index (χ4n) is 3.13. The Morgan fingerprint density at radius 2 is 1.78 bits per heavy atom. The molecule has 1 aliphatic heterocycles. The first-order valence-electron chi connectivity index (χ1n) is 10.1. The summed E-state index contributed by atoms with van der Waals surface area (Å²) in [7, 11) is -2.14. The summed E-state index contributed by atoms with van der Waals surface area (Å²) >= 11 is 0. The molecule has 2 aromatic rings. The predicted octanol–water partition coefficient (Wildman–Crippen LogP) is 1.75. The third kappa shape index (κ3) is 6.06. The summed E-state index contributed by atoms with van der Waals surface area (Å²) in [5, 5.41) is 2.62. The van der Waals surface area contributed by atoms with Crippen LogP contribution < -0.4 is 10.1 Å². The molecule has 0 aromatic heterocycles. The van der Waals surface area contributed by atoms with E-state index in [1.165, 1.54) is 16.4 Å². The zero-order valence-corrected chi connectivity index (χ0v) is 18.8. The number of anilines is 1. The van der Waals surface area contributed by atoms with Crippen LogP contribution in [0.15, 0.2) is 47.4 Å². The fourth-order valence-corrected chi connectivity index (χ4v) is 4.56. The number of methoxy groups -OCH3 is 1. The number of ether oxygens (including phenoxy) is 3. The summed E-state index contributed by atoms with van der Waals surface area (Å²) in [6.45, 7) is 2.52. The maximum absolute atomic E-state index is 12.8. The van der Waals surface area contributed by atoms with Gasteiger partial charge in [-0.25, -0.2) is 8.42 Å². The number of amides is 1. The van der Waals surface area contributed by atoms with E-state index in [4.69, 9.17) is 14.2 Å². The number of carbonyl (C=O) groups excluding carboxylic acids is 2. The van der Waals surface area contributed by atoms with Gasteiger partial charge in [0.15, 0.2) is 6.61 Å². The van der Waals surface area contributed by atoms with Crippen LogP contribution in [0.1, 0.15) is 11.1 Å². The first-order valence-corrected chi connectivity index (χ1v) is 11.5. The van der Waals surface area contributed by atoms with Crippen molar-refractivity contribution < 1.29 is 32.2 Å². The van der Waals surface area contributed by atoms with E-state index >= 15 is 0 Å². The minimum Gasteiger partial charge on any atom is -0.497 e. The van der Waals surface area contributed by atoms with Crippen LogP contribution in [0.5, 0.6) is 5.75 Å². The van der Waals surface area contributed by atoms with Gasteiger partial charge in [-0.15, -0.1) is 0 Å². The van der Waals surface area contributed by atoms with Crippen molar-refractivity contribution in [1.29, 1.82) is 0 Å². The SMILES string of the molecule is COc1ccc(CC(=O)OCC(=O)Nc2cc(S(=O)(=O)N3CCOCC3)ccc2C)cc1. The van der Waals surface area contributed by atoms with Gasteiger partial charge < -0.3 is 19.5 Å². The van der Waals surface area contributed by atoms with Crippen molar-refractivity contribution in [3.05, 3.63) is 53.6 Å². The van der Waals surface area contributed by atoms with Crippen LogP contribution in [0, 0.1) is 6.92 Å². The maximum atomic E-state index is 12.8. The molecule has 10 heteroatoms. The van der Waals surface area contributed by atoms with Crippen LogP contribution in [0.2, 0.25) is 0 Å². The van der Waals surface area contributed by atoms with Crippen molar-refractivity contribution in [3.8, 4) is 5.75 Å². The van der Waals surface area contributed by atoms with Gasteiger partial charge in [0.25, 0.3) is 5.91 Å². The van der Waals surface area contributed by atoms with Gasteiger partial charge in [0.05, 0.1) is 31.6 Å². The molecule has 0 spiro atoms. The van der Waals surface area contributed by atoms with Crippen molar-refractivity contribution in [2.45, 2.75) is 18.2 Å². The van der Waals surface area contributed by atoms with Gasteiger partial charge in [0, 0.05) is 18.8 Å². The van der Waals surface area contributed by atoms with Gasteiger partial charge in [-0.1, -0.05) is 18.2 Å². The largest absolute Gasteiger partial charge is 0.497 e. The van der Waals surface area contributed by atoms with Crippen molar-refractivity contribution in [2.24, 2.45) is 0 Å². The molecule has 32 heavy (non-hydrogen) atoms. The lowest BCUT2D eigenvalue weighted by Gasteiger charge is -2.26. The smallest absolute Gasteiger partial charge is 0.310 e. The molecule has 0 atom stereocenters. The Labute approximate surface area is 187 Å². The molecule has 1 aliphatic rings. The Morgan fingerprint density at radius 3 is 2.44 bits per heavy atom. The Morgan fingerprint density at radius 1 is 1.09 bits per heavy atom. The van der Waals surface area contributed by atoms with Crippen LogP contribution >= 0.6 is 0 Å². The van der Waals surface area contributed by atoms with Crippen LogP contribution in [0.25, 0.3) is 0 Å². The standard InChI is InChI=1S/C22H26N2O7S/c1-16-3-8-19(32(27,28)24-9-11-30-12-10-24)14-20(16)23-21(25)15-31-22(26)13-17-4-6-18(29-2)7-5-17/h3-8,14H,9-13,15H2,1-2H3,(H,23,25). The molecule has 1 fully saturated rings. The Bertz CT molecular complexity index is 1060. The third-order valence-electron chi connectivity index (χ3n) is 4.96. The van der Waals surface area contributed by atoms with E-state index in [2.05, 4.69) is 5.32 Å².